The van der Waals surface area contributed by atoms with E-state index in [0.717, 1.165) is 17.7 Å². The lowest BCUT2D eigenvalue weighted by Crippen LogP contribution is -2.33. The Hall–Kier alpha value is -0.180. The monoisotopic (exact) mass is 252 g/mol. The fourth-order valence-corrected chi connectivity index (χ4v) is 4.24. The quantitative estimate of drug-likeness (QED) is 0.812. The molecule has 3 heteroatoms. The van der Waals surface area contributed by atoms with Crippen molar-refractivity contribution in [2.45, 2.75) is 69.1 Å². The van der Waals surface area contributed by atoms with Gasteiger partial charge in [-0.2, -0.15) is 0 Å². The highest BCUT2D eigenvalue weighted by Crippen LogP contribution is 2.41. The van der Waals surface area contributed by atoms with Gasteiger partial charge in [-0.3, -0.25) is 4.99 Å². The lowest BCUT2D eigenvalue weighted by atomic mass is 9.97. The minimum Gasteiger partial charge on any atom is -0.362 e. The summed E-state index contributed by atoms with van der Waals surface area (Å²) in [5, 5.41) is 5.78. The molecule has 3 rings (SSSR count). The zero-order valence-electron chi connectivity index (χ0n) is 10.7. The molecule has 17 heavy (non-hydrogen) atoms. The van der Waals surface area contributed by atoms with Crippen molar-refractivity contribution in [2.75, 3.05) is 6.54 Å². The van der Waals surface area contributed by atoms with Crippen LogP contribution in [-0.4, -0.2) is 23.0 Å². The van der Waals surface area contributed by atoms with Crippen LogP contribution in [0, 0.1) is 5.92 Å². The molecule has 2 saturated carbocycles. The SMILES string of the molecule is C1CCCC(NC2=NCC(C3CC3)S2)CCC1. The van der Waals surface area contributed by atoms with Crippen molar-refractivity contribution in [3.63, 3.8) is 0 Å². The zero-order chi connectivity index (χ0) is 11.5. The lowest BCUT2D eigenvalue weighted by molar-refractivity contribution is 0.430. The van der Waals surface area contributed by atoms with E-state index in [9.17, 15) is 0 Å². The Morgan fingerprint density at radius 2 is 1.65 bits per heavy atom. The molecule has 2 aliphatic carbocycles. The molecule has 1 N–H and O–H groups in total. The summed E-state index contributed by atoms with van der Waals surface area (Å²) in [4.78, 5) is 4.70. The van der Waals surface area contributed by atoms with Crippen molar-refractivity contribution in [1.82, 2.24) is 5.32 Å². The maximum atomic E-state index is 4.70. The number of nitrogens with zero attached hydrogens (tertiary/aromatic N) is 1. The number of hydrogen-bond donors (Lipinski definition) is 1. The fourth-order valence-electron chi connectivity index (χ4n) is 2.96. The molecular weight excluding hydrogens is 228 g/mol. The van der Waals surface area contributed by atoms with Crippen molar-refractivity contribution < 1.29 is 0 Å². The van der Waals surface area contributed by atoms with E-state index < -0.39 is 0 Å². The molecule has 0 amide bonds. The molecule has 2 nitrogen and oxygen atoms in total. The number of thioether (sulfide) groups is 1. The van der Waals surface area contributed by atoms with Crippen LogP contribution in [0.4, 0.5) is 0 Å². The standard InChI is InChI=1S/C14H24N2S/c1-2-4-6-12(7-5-3-1)16-14-15-10-13(17-14)11-8-9-11/h11-13H,1-10H2,(H,15,16). The number of nitrogens with one attached hydrogen (secondary N) is 1. The first-order valence-electron chi connectivity index (χ1n) is 7.39. The highest BCUT2D eigenvalue weighted by molar-refractivity contribution is 8.14. The molecule has 3 aliphatic rings. The van der Waals surface area contributed by atoms with Crippen LogP contribution in [0.5, 0.6) is 0 Å². The van der Waals surface area contributed by atoms with Gasteiger partial charge in [-0.05, 0) is 31.6 Å². The molecule has 1 unspecified atom stereocenters. The van der Waals surface area contributed by atoms with Gasteiger partial charge in [-0.25, -0.2) is 0 Å². The second-order valence-corrected chi connectivity index (χ2v) is 7.05. The van der Waals surface area contributed by atoms with Crippen LogP contribution in [0.25, 0.3) is 0 Å². The molecular formula is C14H24N2S. The van der Waals surface area contributed by atoms with Crippen molar-refractivity contribution in [2.24, 2.45) is 10.9 Å². The van der Waals surface area contributed by atoms with E-state index in [4.69, 9.17) is 4.99 Å². The third-order valence-electron chi connectivity index (χ3n) is 4.26. The van der Waals surface area contributed by atoms with E-state index in [0.29, 0.717) is 6.04 Å². The largest absolute Gasteiger partial charge is 0.362 e. The van der Waals surface area contributed by atoms with E-state index in [1.807, 2.05) is 11.8 Å². The molecule has 0 bridgehead atoms. The molecule has 96 valence electrons. The molecule has 0 aromatic rings. The van der Waals surface area contributed by atoms with Gasteiger partial charge in [0.25, 0.3) is 0 Å². The molecule has 0 saturated heterocycles. The predicted octanol–water partition coefficient (Wildman–Crippen LogP) is 3.57. The molecule has 0 spiro atoms. The van der Waals surface area contributed by atoms with Crippen molar-refractivity contribution in [3.05, 3.63) is 0 Å². The van der Waals surface area contributed by atoms with Gasteiger partial charge in [0.15, 0.2) is 5.17 Å². The van der Waals surface area contributed by atoms with Crippen LogP contribution in [-0.2, 0) is 0 Å². The summed E-state index contributed by atoms with van der Waals surface area (Å²) >= 11 is 2.03. The van der Waals surface area contributed by atoms with Crippen molar-refractivity contribution in [1.29, 1.82) is 0 Å². The third kappa shape index (κ3) is 3.40. The van der Waals surface area contributed by atoms with Crippen LogP contribution in [0.1, 0.15) is 57.8 Å². The number of hydrogen-bond acceptors (Lipinski definition) is 3. The Morgan fingerprint density at radius 1 is 0.941 bits per heavy atom. The lowest BCUT2D eigenvalue weighted by Gasteiger charge is -2.21. The van der Waals surface area contributed by atoms with Gasteiger partial charge in [0.1, 0.15) is 0 Å². The second-order valence-electron chi connectivity index (χ2n) is 5.83. The summed E-state index contributed by atoms with van der Waals surface area (Å²) in [5.74, 6) is 0.986. The minimum atomic E-state index is 0.708. The van der Waals surface area contributed by atoms with Gasteiger partial charge >= 0.3 is 0 Å². The molecule has 1 aliphatic heterocycles. The fraction of sp³-hybridized carbons (Fsp3) is 0.929. The highest BCUT2D eigenvalue weighted by Gasteiger charge is 2.35. The first-order chi connectivity index (χ1) is 8.42. The molecule has 0 aromatic heterocycles. The highest BCUT2D eigenvalue weighted by atomic mass is 32.2. The Morgan fingerprint density at radius 3 is 2.35 bits per heavy atom. The van der Waals surface area contributed by atoms with Crippen LogP contribution in [0.15, 0.2) is 4.99 Å². The summed E-state index contributed by atoms with van der Waals surface area (Å²) < 4.78 is 0. The maximum absolute atomic E-state index is 4.70. The summed E-state index contributed by atoms with van der Waals surface area (Å²) in [7, 11) is 0. The Labute approximate surface area is 109 Å². The summed E-state index contributed by atoms with van der Waals surface area (Å²) in [6.45, 7) is 1.07. The smallest absolute Gasteiger partial charge is 0.157 e. The van der Waals surface area contributed by atoms with E-state index in [1.165, 1.54) is 63.0 Å². The first kappa shape index (κ1) is 11.9. The number of aliphatic imine (C=N–C) groups is 1. The molecule has 1 atom stereocenters. The normalized spacial score (nSPS) is 31.8. The Balaban J connectivity index is 1.45. The zero-order valence-corrected chi connectivity index (χ0v) is 11.5. The van der Waals surface area contributed by atoms with Crippen molar-refractivity contribution in [3.8, 4) is 0 Å². The van der Waals surface area contributed by atoms with E-state index >= 15 is 0 Å². The summed E-state index contributed by atoms with van der Waals surface area (Å²) in [5.41, 5.74) is 0. The molecule has 1 heterocycles. The van der Waals surface area contributed by atoms with E-state index in [1.54, 1.807) is 0 Å². The topological polar surface area (TPSA) is 24.4 Å². The summed E-state index contributed by atoms with van der Waals surface area (Å²) in [6, 6.07) is 0.708. The predicted molar refractivity (Wildman–Crippen MR) is 75.6 cm³/mol. The molecule has 0 aromatic carbocycles. The Bertz CT molecular complexity index is 278. The maximum Gasteiger partial charge on any atom is 0.157 e. The van der Waals surface area contributed by atoms with E-state index in [-0.39, 0.29) is 0 Å². The van der Waals surface area contributed by atoms with Gasteiger partial charge in [-0.15, -0.1) is 0 Å². The average Bonchev–Trinajstić information content (AvgIpc) is 3.04. The van der Waals surface area contributed by atoms with Gasteiger partial charge in [0.05, 0.1) is 6.54 Å². The van der Waals surface area contributed by atoms with Crippen LogP contribution in [0.2, 0.25) is 0 Å². The number of rotatable bonds is 2. The van der Waals surface area contributed by atoms with E-state index in [2.05, 4.69) is 5.32 Å². The average molecular weight is 252 g/mol. The third-order valence-corrected chi connectivity index (χ3v) is 5.57. The van der Waals surface area contributed by atoms with Gasteiger partial charge < -0.3 is 5.32 Å². The Kier molecular flexibility index (Phi) is 3.94. The van der Waals surface area contributed by atoms with Crippen molar-refractivity contribution >= 4 is 16.9 Å². The van der Waals surface area contributed by atoms with Crippen LogP contribution < -0.4 is 5.32 Å². The summed E-state index contributed by atoms with van der Waals surface area (Å²) in [6.07, 6.45) is 12.7. The minimum absolute atomic E-state index is 0.708. The van der Waals surface area contributed by atoms with Gasteiger partial charge in [-0.1, -0.05) is 43.9 Å². The van der Waals surface area contributed by atoms with Crippen LogP contribution in [0.3, 0.4) is 0 Å². The first-order valence-corrected chi connectivity index (χ1v) is 8.27. The molecule has 0 radical (unpaired) electrons. The molecule has 2 fully saturated rings. The second kappa shape index (κ2) is 5.64. The number of amidine groups is 1. The van der Waals surface area contributed by atoms with Gasteiger partial charge in [0, 0.05) is 11.3 Å². The van der Waals surface area contributed by atoms with Crippen LogP contribution >= 0.6 is 11.8 Å². The van der Waals surface area contributed by atoms with Gasteiger partial charge in [0.2, 0.25) is 0 Å².